The van der Waals surface area contributed by atoms with Gasteiger partial charge in [0.25, 0.3) is 5.91 Å². The molecule has 2 heterocycles. The number of fused-ring (bicyclic) bond motifs is 1. The van der Waals surface area contributed by atoms with Crippen molar-refractivity contribution in [3.8, 4) is 5.75 Å². The van der Waals surface area contributed by atoms with Crippen molar-refractivity contribution in [3.05, 3.63) is 77.3 Å². The van der Waals surface area contributed by atoms with Gasteiger partial charge in [0.2, 0.25) is 5.95 Å². The predicted molar refractivity (Wildman–Crippen MR) is 102 cm³/mol. The molecular formula is C20H19N5O2. The highest BCUT2D eigenvalue weighted by molar-refractivity contribution is 6.06. The summed E-state index contributed by atoms with van der Waals surface area (Å²) in [5.74, 6) is 0.518. The van der Waals surface area contributed by atoms with Crippen molar-refractivity contribution < 1.29 is 9.90 Å². The normalized spacial score (nSPS) is 15.9. The number of rotatable bonds is 3. The van der Waals surface area contributed by atoms with Crippen LogP contribution >= 0.6 is 0 Å². The van der Waals surface area contributed by atoms with Crippen LogP contribution in [0.2, 0.25) is 0 Å². The summed E-state index contributed by atoms with van der Waals surface area (Å²) >= 11 is 0. The van der Waals surface area contributed by atoms with Crippen molar-refractivity contribution in [2.45, 2.75) is 19.9 Å². The van der Waals surface area contributed by atoms with Gasteiger partial charge in [-0.3, -0.25) is 4.79 Å². The van der Waals surface area contributed by atoms with Gasteiger partial charge in [-0.25, -0.2) is 4.68 Å². The van der Waals surface area contributed by atoms with Crippen LogP contribution in [-0.2, 0) is 4.79 Å². The summed E-state index contributed by atoms with van der Waals surface area (Å²) in [5.41, 5.74) is 3.82. The number of carbonyl (C=O) groups excluding carboxylic acids is 1. The van der Waals surface area contributed by atoms with Crippen molar-refractivity contribution in [2.24, 2.45) is 0 Å². The molecule has 3 aromatic rings. The van der Waals surface area contributed by atoms with Crippen LogP contribution in [0.25, 0.3) is 0 Å². The number of para-hydroxylation sites is 1. The summed E-state index contributed by atoms with van der Waals surface area (Å²) in [7, 11) is 0. The molecule has 0 fully saturated rings. The largest absolute Gasteiger partial charge is 0.508 e. The number of nitrogens with zero attached hydrogens (tertiary/aromatic N) is 3. The van der Waals surface area contributed by atoms with Crippen LogP contribution in [0.1, 0.15) is 24.1 Å². The number of aromatic hydroxyl groups is 1. The SMILES string of the molecule is CC1=C(C(=O)Nc2ccccc2C)C(c2ccc(O)cc2)n2ncnc2N1. The number of hydrogen-bond acceptors (Lipinski definition) is 5. The number of hydrogen-bond donors (Lipinski definition) is 3. The van der Waals surface area contributed by atoms with Gasteiger partial charge < -0.3 is 15.7 Å². The average Bonchev–Trinajstić information content (AvgIpc) is 3.11. The van der Waals surface area contributed by atoms with E-state index < -0.39 is 6.04 Å². The van der Waals surface area contributed by atoms with Crippen molar-refractivity contribution in [2.75, 3.05) is 10.6 Å². The second kappa shape index (κ2) is 6.60. The molecule has 0 saturated carbocycles. The Kier molecular flexibility index (Phi) is 4.12. The lowest BCUT2D eigenvalue weighted by molar-refractivity contribution is -0.113. The van der Waals surface area contributed by atoms with E-state index in [-0.39, 0.29) is 11.7 Å². The quantitative estimate of drug-likeness (QED) is 0.666. The van der Waals surface area contributed by atoms with E-state index in [1.807, 2.05) is 38.1 Å². The monoisotopic (exact) mass is 361 g/mol. The first-order valence-electron chi connectivity index (χ1n) is 8.58. The molecule has 3 N–H and O–H groups in total. The van der Waals surface area contributed by atoms with E-state index >= 15 is 0 Å². The number of phenolic OH excluding ortho intramolecular Hbond substituents is 1. The molecule has 1 aliphatic rings. The topological polar surface area (TPSA) is 92.1 Å². The van der Waals surface area contributed by atoms with Gasteiger partial charge >= 0.3 is 0 Å². The molecule has 136 valence electrons. The van der Waals surface area contributed by atoms with E-state index in [9.17, 15) is 9.90 Å². The number of aryl methyl sites for hydroxylation is 1. The Hall–Kier alpha value is -3.61. The molecule has 0 aliphatic carbocycles. The zero-order chi connectivity index (χ0) is 19.0. The van der Waals surface area contributed by atoms with E-state index in [2.05, 4.69) is 20.7 Å². The summed E-state index contributed by atoms with van der Waals surface area (Å²) in [6.07, 6.45) is 1.45. The number of allylic oxidation sites excluding steroid dienone is 1. The molecule has 1 unspecified atom stereocenters. The summed E-state index contributed by atoms with van der Waals surface area (Å²) in [6, 6.07) is 13.9. The van der Waals surface area contributed by atoms with Crippen LogP contribution in [0.4, 0.5) is 11.6 Å². The molecule has 0 bridgehead atoms. The standard InChI is InChI=1S/C20H19N5O2/c1-12-5-3-4-6-16(12)24-19(27)17-13(2)23-20-21-11-22-25(20)18(17)14-7-9-15(26)10-8-14/h3-11,18,26H,1-2H3,(H,24,27)(H,21,22,23). The first-order chi connectivity index (χ1) is 13.0. The minimum absolute atomic E-state index is 0.165. The molecule has 2 aromatic carbocycles. The lowest BCUT2D eigenvalue weighted by atomic mass is 9.95. The average molecular weight is 361 g/mol. The van der Waals surface area contributed by atoms with E-state index in [0.717, 1.165) is 16.8 Å². The molecule has 0 spiro atoms. The molecule has 1 amide bonds. The van der Waals surface area contributed by atoms with Crippen molar-refractivity contribution >= 4 is 17.5 Å². The number of phenols is 1. The Morgan fingerprint density at radius 1 is 1.15 bits per heavy atom. The van der Waals surface area contributed by atoms with Crippen molar-refractivity contribution in [1.29, 1.82) is 0 Å². The number of amides is 1. The third kappa shape index (κ3) is 3.03. The van der Waals surface area contributed by atoms with E-state index in [1.165, 1.54) is 6.33 Å². The highest BCUT2D eigenvalue weighted by Crippen LogP contribution is 2.35. The fraction of sp³-hybridized carbons (Fsp3) is 0.150. The lowest BCUT2D eigenvalue weighted by Crippen LogP contribution is -2.31. The van der Waals surface area contributed by atoms with Gasteiger partial charge in [-0.05, 0) is 43.2 Å². The maximum atomic E-state index is 13.2. The summed E-state index contributed by atoms with van der Waals surface area (Å²) < 4.78 is 1.67. The zero-order valence-electron chi connectivity index (χ0n) is 15.0. The van der Waals surface area contributed by atoms with Crippen LogP contribution < -0.4 is 10.6 Å². The second-order valence-electron chi connectivity index (χ2n) is 6.46. The summed E-state index contributed by atoms with van der Waals surface area (Å²) in [6.45, 7) is 3.79. The maximum Gasteiger partial charge on any atom is 0.255 e. The molecule has 7 nitrogen and oxygen atoms in total. The Labute approximate surface area is 156 Å². The third-order valence-corrected chi connectivity index (χ3v) is 4.64. The van der Waals surface area contributed by atoms with E-state index in [0.29, 0.717) is 17.2 Å². The molecule has 1 aliphatic heterocycles. The molecule has 27 heavy (non-hydrogen) atoms. The smallest absolute Gasteiger partial charge is 0.255 e. The molecule has 4 rings (SSSR count). The number of benzene rings is 2. The second-order valence-corrected chi connectivity index (χ2v) is 6.46. The van der Waals surface area contributed by atoms with Crippen molar-refractivity contribution in [1.82, 2.24) is 14.8 Å². The summed E-state index contributed by atoms with van der Waals surface area (Å²) in [4.78, 5) is 17.4. The predicted octanol–water partition coefficient (Wildman–Crippen LogP) is 3.22. The molecule has 0 radical (unpaired) electrons. The molecule has 7 heteroatoms. The fourth-order valence-corrected chi connectivity index (χ4v) is 3.25. The maximum absolute atomic E-state index is 13.2. The molecular weight excluding hydrogens is 342 g/mol. The van der Waals surface area contributed by atoms with Gasteiger partial charge in [-0.15, -0.1) is 0 Å². The Morgan fingerprint density at radius 3 is 2.63 bits per heavy atom. The van der Waals surface area contributed by atoms with Crippen molar-refractivity contribution in [3.63, 3.8) is 0 Å². The fourth-order valence-electron chi connectivity index (χ4n) is 3.25. The van der Waals surface area contributed by atoms with Crippen LogP contribution in [0.15, 0.2) is 66.1 Å². The van der Waals surface area contributed by atoms with E-state index in [4.69, 9.17) is 0 Å². The molecule has 1 atom stereocenters. The number of aromatic nitrogens is 3. The molecule has 1 aromatic heterocycles. The van der Waals surface area contributed by atoms with Crippen LogP contribution in [0, 0.1) is 6.92 Å². The first kappa shape index (κ1) is 16.8. The number of carbonyl (C=O) groups is 1. The van der Waals surface area contributed by atoms with Gasteiger partial charge in [-0.2, -0.15) is 10.1 Å². The van der Waals surface area contributed by atoms with Gasteiger partial charge in [0.1, 0.15) is 18.1 Å². The molecule has 0 saturated heterocycles. The van der Waals surface area contributed by atoms with Crippen LogP contribution in [0.5, 0.6) is 5.75 Å². The number of nitrogens with one attached hydrogen (secondary N) is 2. The highest BCUT2D eigenvalue weighted by atomic mass is 16.3. The minimum atomic E-state index is -0.451. The summed E-state index contributed by atoms with van der Waals surface area (Å²) in [5, 5.41) is 20.1. The van der Waals surface area contributed by atoms with Gasteiger partial charge in [0.05, 0.1) is 5.57 Å². The van der Waals surface area contributed by atoms with E-state index in [1.54, 1.807) is 28.9 Å². The van der Waals surface area contributed by atoms with Crippen LogP contribution in [-0.4, -0.2) is 25.8 Å². The van der Waals surface area contributed by atoms with Gasteiger partial charge in [-0.1, -0.05) is 30.3 Å². The Bertz CT molecular complexity index is 1040. The lowest BCUT2D eigenvalue weighted by Gasteiger charge is -2.29. The van der Waals surface area contributed by atoms with Gasteiger partial charge in [0, 0.05) is 11.4 Å². The third-order valence-electron chi connectivity index (χ3n) is 4.64. The van der Waals surface area contributed by atoms with Gasteiger partial charge in [0.15, 0.2) is 0 Å². The first-order valence-corrected chi connectivity index (χ1v) is 8.58. The van der Waals surface area contributed by atoms with Crippen LogP contribution in [0.3, 0.4) is 0 Å². The Balaban J connectivity index is 1.77. The highest BCUT2D eigenvalue weighted by Gasteiger charge is 2.33. The zero-order valence-corrected chi connectivity index (χ0v) is 15.0. The number of anilines is 2. The minimum Gasteiger partial charge on any atom is -0.508 e. The Morgan fingerprint density at radius 2 is 1.89 bits per heavy atom.